The number of thiazole rings is 1. The first-order chi connectivity index (χ1) is 11.1. The normalized spacial score (nSPS) is 21.1. The quantitative estimate of drug-likeness (QED) is 0.903. The molecule has 2 aromatic rings. The molecule has 0 saturated heterocycles. The average Bonchev–Trinajstić information content (AvgIpc) is 2.95. The molecule has 1 amide bonds. The Hall–Kier alpha value is -1.79. The van der Waals surface area contributed by atoms with Crippen LogP contribution in [0.25, 0.3) is 10.7 Å². The summed E-state index contributed by atoms with van der Waals surface area (Å²) in [5, 5.41) is 13.5. The van der Waals surface area contributed by atoms with Crippen LogP contribution < -0.4 is 5.32 Å². The maximum Gasteiger partial charge on any atom is 0.263 e. The summed E-state index contributed by atoms with van der Waals surface area (Å²) >= 11 is 1.37. The van der Waals surface area contributed by atoms with Gasteiger partial charge in [0.1, 0.15) is 9.88 Å². The van der Waals surface area contributed by atoms with Gasteiger partial charge in [-0.1, -0.05) is 12.5 Å². The zero-order valence-corrected chi connectivity index (χ0v) is 14.0. The second kappa shape index (κ2) is 7.19. The van der Waals surface area contributed by atoms with Crippen LogP contribution in [0.5, 0.6) is 0 Å². The topological polar surface area (TPSA) is 75.1 Å². The van der Waals surface area contributed by atoms with Crippen molar-refractivity contribution in [1.82, 2.24) is 15.3 Å². The Morgan fingerprint density at radius 2 is 2.30 bits per heavy atom. The Bertz CT molecular complexity index is 672. The van der Waals surface area contributed by atoms with Crippen LogP contribution in [0.4, 0.5) is 0 Å². The maximum atomic E-state index is 12.4. The highest BCUT2D eigenvalue weighted by Gasteiger charge is 2.22. The number of aromatic nitrogens is 2. The third-order valence-corrected chi connectivity index (χ3v) is 5.37. The van der Waals surface area contributed by atoms with E-state index >= 15 is 0 Å². The molecule has 2 atom stereocenters. The fourth-order valence-electron chi connectivity index (χ4n) is 2.97. The number of aliphatic hydroxyl groups is 1. The van der Waals surface area contributed by atoms with Gasteiger partial charge in [0.15, 0.2) is 0 Å². The highest BCUT2D eigenvalue weighted by molar-refractivity contribution is 7.17. The molecule has 23 heavy (non-hydrogen) atoms. The van der Waals surface area contributed by atoms with Crippen LogP contribution in [0, 0.1) is 12.8 Å². The molecule has 1 fully saturated rings. The molecular weight excluding hydrogens is 310 g/mol. The van der Waals surface area contributed by atoms with Gasteiger partial charge in [-0.05, 0) is 44.2 Å². The van der Waals surface area contributed by atoms with Crippen LogP contribution in [0.1, 0.15) is 41.0 Å². The molecular formula is C17H21N3O2S. The lowest BCUT2D eigenvalue weighted by molar-refractivity contribution is 0.0876. The summed E-state index contributed by atoms with van der Waals surface area (Å²) in [5.74, 6) is 0.286. The maximum absolute atomic E-state index is 12.4. The first kappa shape index (κ1) is 16.1. The highest BCUT2D eigenvalue weighted by atomic mass is 32.1. The van der Waals surface area contributed by atoms with Crippen molar-refractivity contribution in [2.45, 2.75) is 38.7 Å². The lowest BCUT2D eigenvalue weighted by Crippen LogP contribution is -2.32. The number of hydrogen-bond donors (Lipinski definition) is 2. The van der Waals surface area contributed by atoms with Gasteiger partial charge in [0.2, 0.25) is 0 Å². The van der Waals surface area contributed by atoms with Crippen molar-refractivity contribution >= 4 is 17.2 Å². The summed E-state index contributed by atoms with van der Waals surface area (Å²) in [7, 11) is 0. The SMILES string of the molecule is Cc1nc(-c2ccccn2)sc1C(=O)NCC1CCCC(O)C1. The number of carbonyl (C=O) groups is 1. The molecule has 0 bridgehead atoms. The van der Waals surface area contributed by atoms with Crippen LogP contribution in [0.2, 0.25) is 0 Å². The van der Waals surface area contributed by atoms with E-state index in [0.29, 0.717) is 17.3 Å². The van der Waals surface area contributed by atoms with E-state index < -0.39 is 0 Å². The largest absolute Gasteiger partial charge is 0.393 e. The Labute approximate surface area is 139 Å². The van der Waals surface area contributed by atoms with Gasteiger partial charge in [-0.15, -0.1) is 11.3 Å². The summed E-state index contributed by atoms with van der Waals surface area (Å²) in [6.07, 6.45) is 5.27. The lowest BCUT2D eigenvalue weighted by atomic mass is 9.87. The van der Waals surface area contributed by atoms with E-state index in [0.717, 1.165) is 42.1 Å². The van der Waals surface area contributed by atoms with Crippen molar-refractivity contribution in [2.75, 3.05) is 6.54 Å². The van der Waals surface area contributed by atoms with Gasteiger partial charge < -0.3 is 10.4 Å². The number of carbonyl (C=O) groups excluding carboxylic acids is 1. The average molecular weight is 331 g/mol. The van der Waals surface area contributed by atoms with E-state index in [-0.39, 0.29) is 12.0 Å². The van der Waals surface area contributed by atoms with Gasteiger partial charge in [-0.2, -0.15) is 0 Å². The molecule has 0 spiro atoms. The molecule has 2 aromatic heterocycles. The first-order valence-electron chi connectivity index (χ1n) is 7.98. The van der Waals surface area contributed by atoms with Crippen molar-refractivity contribution in [3.63, 3.8) is 0 Å². The Kier molecular flexibility index (Phi) is 5.03. The number of amides is 1. The standard InChI is InChI=1S/C17H21N3O2S/c1-11-15(23-17(20-11)14-7-2-3-8-18-14)16(22)19-10-12-5-4-6-13(21)9-12/h2-3,7-8,12-13,21H,4-6,9-10H2,1H3,(H,19,22). The van der Waals surface area contributed by atoms with Gasteiger partial charge in [-0.25, -0.2) is 4.98 Å². The van der Waals surface area contributed by atoms with Crippen LogP contribution in [0.15, 0.2) is 24.4 Å². The predicted octanol–water partition coefficient (Wildman–Crippen LogP) is 2.79. The minimum atomic E-state index is -0.216. The summed E-state index contributed by atoms with van der Waals surface area (Å²) in [4.78, 5) is 21.8. The monoisotopic (exact) mass is 331 g/mol. The number of rotatable bonds is 4. The van der Waals surface area contributed by atoms with E-state index in [1.54, 1.807) is 6.20 Å². The molecule has 6 heteroatoms. The lowest BCUT2D eigenvalue weighted by Gasteiger charge is -2.25. The zero-order valence-electron chi connectivity index (χ0n) is 13.2. The van der Waals surface area contributed by atoms with E-state index in [1.165, 1.54) is 11.3 Å². The molecule has 0 aromatic carbocycles. The Morgan fingerprint density at radius 1 is 1.43 bits per heavy atom. The summed E-state index contributed by atoms with van der Waals surface area (Å²) < 4.78 is 0. The molecule has 1 saturated carbocycles. The molecule has 2 N–H and O–H groups in total. The van der Waals surface area contributed by atoms with E-state index in [2.05, 4.69) is 15.3 Å². The molecule has 1 aliphatic carbocycles. The highest BCUT2D eigenvalue weighted by Crippen LogP contribution is 2.27. The number of nitrogens with zero attached hydrogens (tertiary/aromatic N) is 2. The molecule has 0 radical (unpaired) electrons. The van der Waals surface area contributed by atoms with Crippen molar-refractivity contribution in [2.24, 2.45) is 5.92 Å². The summed E-state index contributed by atoms with van der Waals surface area (Å²) in [6, 6.07) is 5.66. The van der Waals surface area contributed by atoms with Gasteiger partial charge in [0.05, 0.1) is 17.5 Å². The van der Waals surface area contributed by atoms with Crippen LogP contribution in [-0.2, 0) is 0 Å². The fraction of sp³-hybridized carbons (Fsp3) is 0.471. The molecule has 0 aliphatic heterocycles. The van der Waals surface area contributed by atoms with Crippen LogP contribution >= 0.6 is 11.3 Å². The number of aliphatic hydroxyl groups excluding tert-OH is 1. The Morgan fingerprint density at radius 3 is 3.04 bits per heavy atom. The molecule has 3 rings (SSSR count). The molecule has 2 unspecified atom stereocenters. The Balaban J connectivity index is 1.64. The van der Waals surface area contributed by atoms with Gasteiger partial charge >= 0.3 is 0 Å². The predicted molar refractivity (Wildman–Crippen MR) is 90.4 cm³/mol. The molecule has 1 aliphatic rings. The second-order valence-electron chi connectivity index (χ2n) is 6.05. The number of nitrogens with one attached hydrogen (secondary N) is 1. The van der Waals surface area contributed by atoms with E-state index in [9.17, 15) is 9.90 Å². The number of aryl methyl sites for hydroxylation is 1. The van der Waals surface area contributed by atoms with Gasteiger partial charge in [0, 0.05) is 12.7 Å². The number of hydrogen-bond acceptors (Lipinski definition) is 5. The van der Waals surface area contributed by atoms with Crippen LogP contribution in [0.3, 0.4) is 0 Å². The third kappa shape index (κ3) is 3.95. The van der Waals surface area contributed by atoms with Gasteiger partial charge in [-0.3, -0.25) is 9.78 Å². The van der Waals surface area contributed by atoms with Crippen molar-refractivity contribution in [3.05, 3.63) is 35.0 Å². The fourth-order valence-corrected chi connectivity index (χ4v) is 3.93. The second-order valence-corrected chi connectivity index (χ2v) is 7.04. The smallest absolute Gasteiger partial charge is 0.263 e. The molecule has 122 valence electrons. The van der Waals surface area contributed by atoms with E-state index in [4.69, 9.17) is 0 Å². The zero-order chi connectivity index (χ0) is 16.2. The molecule has 2 heterocycles. The summed E-state index contributed by atoms with van der Waals surface area (Å²) in [5.41, 5.74) is 1.52. The minimum absolute atomic E-state index is 0.0813. The van der Waals surface area contributed by atoms with Crippen LogP contribution in [-0.4, -0.2) is 33.6 Å². The number of pyridine rings is 1. The van der Waals surface area contributed by atoms with E-state index in [1.807, 2.05) is 25.1 Å². The van der Waals surface area contributed by atoms with Gasteiger partial charge in [0.25, 0.3) is 5.91 Å². The van der Waals surface area contributed by atoms with Crippen molar-refractivity contribution in [1.29, 1.82) is 0 Å². The first-order valence-corrected chi connectivity index (χ1v) is 8.80. The molecule has 5 nitrogen and oxygen atoms in total. The van der Waals surface area contributed by atoms with Crippen molar-refractivity contribution in [3.8, 4) is 10.7 Å². The van der Waals surface area contributed by atoms with Crippen molar-refractivity contribution < 1.29 is 9.90 Å². The minimum Gasteiger partial charge on any atom is -0.393 e. The third-order valence-electron chi connectivity index (χ3n) is 4.19. The summed E-state index contributed by atoms with van der Waals surface area (Å²) in [6.45, 7) is 2.47.